The van der Waals surface area contributed by atoms with Gasteiger partial charge in [-0.05, 0) is 51.3 Å². The predicted molar refractivity (Wildman–Crippen MR) is 109 cm³/mol. The Bertz CT molecular complexity index is 729. The first-order valence-corrected chi connectivity index (χ1v) is 10.3. The maximum Gasteiger partial charge on any atom is 0.410 e. The van der Waals surface area contributed by atoms with E-state index < -0.39 is 5.60 Å². The van der Waals surface area contributed by atoms with Gasteiger partial charge in [0.25, 0.3) is 0 Å². The van der Waals surface area contributed by atoms with Gasteiger partial charge in [-0.25, -0.2) is 14.2 Å². The zero-order valence-corrected chi connectivity index (χ0v) is 17.6. The molecule has 0 bridgehead atoms. The van der Waals surface area contributed by atoms with E-state index in [1.807, 2.05) is 40.8 Å². The van der Waals surface area contributed by atoms with Crippen molar-refractivity contribution in [1.29, 1.82) is 0 Å². The summed E-state index contributed by atoms with van der Waals surface area (Å²) in [7, 11) is 0. The number of benzene rings is 1. The summed E-state index contributed by atoms with van der Waals surface area (Å²) < 4.78 is 18.5. The Labute approximate surface area is 165 Å². The molecule has 0 radical (unpaired) electrons. The highest BCUT2D eigenvalue weighted by Crippen LogP contribution is 2.35. The lowest BCUT2D eigenvalue weighted by atomic mass is 9.98. The molecule has 0 N–H and O–H groups in total. The zero-order valence-electron chi connectivity index (χ0n) is 16.8. The van der Waals surface area contributed by atoms with Crippen molar-refractivity contribution in [3.05, 3.63) is 41.3 Å². The molecular formula is C21H29FN2O2S. The number of carbonyl (C=O) groups is 1. The van der Waals surface area contributed by atoms with Crippen molar-refractivity contribution in [2.45, 2.75) is 59.0 Å². The number of halogens is 1. The number of amides is 1. The third-order valence-electron chi connectivity index (χ3n) is 4.15. The van der Waals surface area contributed by atoms with Crippen LogP contribution in [0, 0.1) is 5.82 Å². The van der Waals surface area contributed by atoms with E-state index in [0.29, 0.717) is 19.0 Å². The van der Waals surface area contributed by atoms with Crippen LogP contribution in [0.5, 0.6) is 0 Å². The minimum absolute atomic E-state index is 0.233. The average Bonchev–Trinajstić information content (AvgIpc) is 3.13. The summed E-state index contributed by atoms with van der Waals surface area (Å²) in [6, 6.07) is 6.48. The Morgan fingerprint density at radius 1 is 1.19 bits per heavy atom. The standard InChI is InChI=1S/C19H23FN2O2S.C2H6/c1-19(2,3)24-18(23)22-10-8-14(9-11-22)17-21-12-16(25-17)13-4-6-15(20)7-5-13;1-2/h4-7,12,14H,8-11H2,1-3H3;1-2H3. The van der Waals surface area contributed by atoms with Gasteiger partial charge in [-0.15, -0.1) is 11.3 Å². The number of hydrogen-bond acceptors (Lipinski definition) is 4. The molecule has 1 aromatic carbocycles. The average molecular weight is 393 g/mol. The summed E-state index contributed by atoms with van der Waals surface area (Å²) >= 11 is 1.65. The van der Waals surface area contributed by atoms with Gasteiger partial charge in [-0.2, -0.15) is 0 Å². The maximum absolute atomic E-state index is 13.0. The van der Waals surface area contributed by atoms with Crippen LogP contribution in [0.4, 0.5) is 9.18 Å². The van der Waals surface area contributed by atoms with Crippen molar-refractivity contribution in [3.63, 3.8) is 0 Å². The number of aromatic nitrogens is 1. The topological polar surface area (TPSA) is 42.4 Å². The Balaban J connectivity index is 0.00000126. The molecule has 27 heavy (non-hydrogen) atoms. The quantitative estimate of drug-likeness (QED) is 0.621. The normalized spacial score (nSPS) is 15.1. The number of likely N-dealkylation sites (tertiary alicyclic amines) is 1. The van der Waals surface area contributed by atoms with Gasteiger partial charge in [0.1, 0.15) is 11.4 Å². The largest absolute Gasteiger partial charge is 0.444 e. The molecule has 1 amide bonds. The van der Waals surface area contributed by atoms with Gasteiger partial charge in [0, 0.05) is 25.2 Å². The fourth-order valence-corrected chi connectivity index (χ4v) is 3.95. The number of rotatable bonds is 2. The SMILES string of the molecule is CC.CC(C)(C)OC(=O)N1CCC(c2ncc(-c3ccc(F)cc3)s2)CC1. The summed E-state index contributed by atoms with van der Waals surface area (Å²) in [6.45, 7) is 11.0. The lowest BCUT2D eigenvalue weighted by molar-refractivity contribution is 0.0205. The molecule has 1 aliphatic heterocycles. The second-order valence-electron chi connectivity index (χ2n) is 7.31. The Morgan fingerprint density at radius 2 is 1.78 bits per heavy atom. The van der Waals surface area contributed by atoms with Crippen LogP contribution in [0.3, 0.4) is 0 Å². The minimum atomic E-state index is -0.465. The molecule has 0 spiro atoms. The van der Waals surface area contributed by atoms with E-state index in [9.17, 15) is 9.18 Å². The fraction of sp³-hybridized carbons (Fsp3) is 0.524. The number of carbonyl (C=O) groups excluding carboxylic acids is 1. The summed E-state index contributed by atoms with van der Waals surface area (Å²) in [5.41, 5.74) is 0.518. The Morgan fingerprint density at radius 3 is 2.33 bits per heavy atom. The number of thiazole rings is 1. The van der Waals surface area contributed by atoms with Crippen LogP contribution in [0.2, 0.25) is 0 Å². The third-order valence-corrected chi connectivity index (χ3v) is 5.36. The summed E-state index contributed by atoms with van der Waals surface area (Å²) in [6.07, 6.45) is 3.38. The molecule has 6 heteroatoms. The molecule has 1 fully saturated rings. The third kappa shape index (κ3) is 6.03. The van der Waals surface area contributed by atoms with Gasteiger partial charge >= 0.3 is 6.09 Å². The van der Waals surface area contributed by atoms with Crippen molar-refractivity contribution in [2.24, 2.45) is 0 Å². The van der Waals surface area contributed by atoms with Gasteiger partial charge in [0.05, 0.1) is 9.88 Å². The zero-order chi connectivity index (χ0) is 20.0. The second kappa shape index (κ2) is 9.31. The predicted octanol–water partition coefficient (Wildman–Crippen LogP) is 6.09. The van der Waals surface area contributed by atoms with E-state index in [4.69, 9.17) is 4.74 Å². The van der Waals surface area contributed by atoms with Crippen LogP contribution in [0.1, 0.15) is 58.4 Å². The molecule has 148 valence electrons. The highest BCUT2D eigenvalue weighted by molar-refractivity contribution is 7.15. The van der Waals surface area contributed by atoms with Crippen LogP contribution in [0.15, 0.2) is 30.5 Å². The first-order valence-electron chi connectivity index (χ1n) is 9.51. The van der Waals surface area contributed by atoms with Crippen molar-refractivity contribution >= 4 is 17.4 Å². The second-order valence-corrected chi connectivity index (χ2v) is 8.37. The molecule has 4 nitrogen and oxygen atoms in total. The number of ether oxygens (including phenoxy) is 1. The summed E-state index contributed by atoms with van der Waals surface area (Å²) in [4.78, 5) is 19.5. The van der Waals surface area contributed by atoms with Crippen LogP contribution >= 0.6 is 11.3 Å². The molecule has 0 aliphatic carbocycles. The van der Waals surface area contributed by atoms with E-state index in [-0.39, 0.29) is 11.9 Å². The lowest BCUT2D eigenvalue weighted by Crippen LogP contribution is -2.41. The molecule has 1 saturated heterocycles. The Kier molecular flexibility index (Phi) is 7.36. The molecule has 1 aliphatic rings. The monoisotopic (exact) mass is 392 g/mol. The fourth-order valence-electron chi connectivity index (χ4n) is 2.86. The summed E-state index contributed by atoms with van der Waals surface area (Å²) in [5, 5.41) is 1.09. The van der Waals surface area contributed by atoms with E-state index in [0.717, 1.165) is 28.3 Å². The highest BCUT2D eigenvalue weighted by Gasteiger charge is 2.28. The molecular weight excluding hydrogens is 363 g/mol. The van der Waals surface area contributed by atoms with Crippen molar-refractivity contribution < 1.29 is 13.9 Å². The van der Waals surface area contributed by atoms with Crippen LogP contribution < -0.4 is 0 Å². The molecule has 1 aromatic heterocycles. The van der Waals surface area contributed by atoms with Crippen LogP contribution in [-0.2, 0) is 4.74 Å². The van der Waals surface area contributed by atoms with Gasteiger partial charge in [-0.1, -0.05) is 26.0 Å². The first-order chi connectivity index (χ1) is 12.8. The summed E-state index contributed by atoms with van der Waals surface area (Å²) in [5.74, 6) is 0.126. The molecule has 3 rings (SSSR count). The van der Waals surface area contributed by atoms with E-state index in [1.54, 1.807) is 28.4 Å². The molecule has 2 heterocycles. The smallest absolute Gasteiger partial charge is 0.410 e. The number of piperidine rings is 1. The van der Waals surface area contributed by atoms with Crippen LogP contribution in [0.25, 0.3) is 10.4 Å². The molecule has 0 atom stereocenters. The maximum atomic E-state index is 13.0. The van der Waals surface area contributed by atoms with Crippen molar-refractivity contribution in [1.82, 2.24) is 9.88 Å². The number of hydrogen-bond donors (Lipinski definition) is 0. The minimum Gasteiger partial charge on any atom is -0.444 e. The van der Waals surface area contributed by atoms with E-state index >= 15 is 0 Å². The molecule has 0 unspecified atom stereocenters. The van der Waals surface area contributed by atoms with E-state index in [1.165, 1.54) is 12.1 Å². The van der Waals surface area contributed by atoms with Gasteiger partial charge < -0.3 is 9.64 Å². The van der Waals surface area contributed by atoms with Gasteiger partial charge in [0.15, 0.2) is 0 Å². The van der Waals surface area contributed by atoms with Gasteiger partial charge in [-0.3, -0.25) is 0 Å². The molecule has 0 saturated carbocycles. The van der Waals surface area contributed by atoms with Crippen molar-refractivity contribution in [3.8, 4) is 10.4 Å². The van der Waals surface area contributed by atoms with Crippen LogP contribution in [-0.4, -0.2) is 34.7 Å². The Hall–Kier alpha value is -1.95. The van der Waals surface area contributed by atoms with Crippen molar-refractivity contribution in [2.75, 3.05) is 13.1 Å². The molecule has 2 aromatic rings. The number of nitrogens with zero attached hydrogens (tertiary/aromatic N) is 2. The van der Waals surface area contributed by atoms with E-state index in [2.05, 4.69) is 4.98 Å². The lowest BCUT2D eigenvalue weighted by Gasteiger charge is -2.32. The highest BCUT2D eigenvalue weighted by atomic mass is 32.1. The first kappa shape index (κ1) is 21.4. The van der Waals surface area contributed by atoms with Gasteiger partial charge in [0.2, 0.25) is 0 Å².